The summed E-state index contributed by atoms with van der Waals surface area (Å²) in [6.45, 7) is 3.67. The molecular formula is C14H16O2. The zero-order valence-corrected chi connectivity index (χ0v) is 9.69. The molecule has 0 saturated carbocycles. The normalized spacial score (nSPS) is 9.88. The number of rotatable bonds is 4. The lowest BCUT2D eigenvalue weighted by Crippen LogP contribution is -2.11. The molecule has 0 radical (unpaired) electrons. The van der Waals surface area contributed by atoms with Gasteiger partial charge < -0.3 is 4.74 Å². The third-order valence-corrected chi connectivity index (χ3v) is 2.06. The summed E-state index contributed by atoms with van der Waals surface area (Å²) >= 11 is 0. The van der Waals surface area contributed by atoms with Gasteiger partial charge in [0.05, 0.1) is 11.7 Å². The lowest BCUT2D eigenvalue weighted by molar-refractivity contribution is 0.0378. The summed E-state index contributed by atoms with van der Waals surface area (Å²) in [6.07, 6.45) is 6.58. The van der Waals surface area contributed by atoms with E-state index in [0.29, 0.717) is 12.0 Å². The summed E-state index contributed by atoms with van der Waals surface area (Å²) in [4.78, 5) is 11.6. The first-order valence-corrected chi connectivity index (χ1v) is 5.37. The van der Waals surface area contributed by atoms with E-state index in [1.807, 2.05) is 32.0 Å². The maximum Gasteiger partial charge on any atom is 0.338 e. The average Bonchev–Trinajstić information content (AvgIpc) is 2.26. The van der Waals surface area contributed by atoms with E-state index < -0.39 is 0 Å². The Morgan fingerprint density at radius 1 is 1.50 bits per heavy atom. The SMILES string of the molecule is C#CCCc1cccc(C(=O)OC(C)C)c1. The third-order valence-electron chi connectivity index (χ3n) is 2.06. The van der Waals surface area contributed by atoms with Crippen LogP contribution in [0.2, 0.25) is 0 Å². The molecule has 0 bridgehead atoms. The van der Waals surface area contributed by atoms with Crippen molar-refractivity contribution in [3.8, 4) is 12.3 Å². The molecule has 0 aromatic heterocycles. The molecule has 2 nitrogen and oxygen atoms in total. The van der Waals surface area contributed by atoms with Gasteiger partial charge in [-0.15, -0.1) is 12.3 Å². The van der Waals surface area contributed by atoms with Crippen molar-refractivity contribution in [3.63, 3.8) is 0 Å². The molecule has 0 aliphatic rings. The van der Waals surface area contributed by atoms with Crippen LogP contribution < -0.4 is 0 Å². The molecule has 0 heterocycles. The molecule has 16 heavy (non-hydrogen) atoms. The van der Waals surface area contributed by atoms with Crippen molar-refractivity contribution in [2.45, 2.75) is 32.8 Å². The van der Waals surface area contributed by atoms with Crippen LogP contribution in [0, 0.1) is 12.3 Å². The topological polar surface area (TPSA) is 26.3 Å². The lowest BCUT2D eigenvalue weighted by atomic mass is 10.1. The Labute approximate surface area is 96.6 Å². The van der Waals surface area contributed by atoms with E-state index in [1.165, 1.54) is 0 Å². The van der Waals surface area contributed by atoms with Crippen molar-refractivity contribution in [2.24, 2.45) is 0 Å². The van der Waals surface area contributed by atoms with Crippen LogP contribution in [0.5, 0.6) is 0 Å². The lowest BCUT2D eigenvalue weighted by Gasteiger charge is -2.08. The van der Waals surface area contributed by atoms with Gasteiger partial charge in [-0.05, 0) is 38.0 Å². The molecule has 0 aliphatic heterocycles. The van der Waals surface area contributed by atoms with E-state index in [4.69, 9.17) is 11.2 Å². The fourth-order valence-corrected chi connectivity index (χ4v) is 1.35. The molecule has 2 heteroatoms. The van der Waals surface area contributed by atoms with Crippen LogP contribution in [0.4, 0.5) is 0 Å². The van der Waals surface area contributed by atoms with Crippen LogP contribution in [0.25, 0.3) is 0 Å². The minimum absolute atomic E-state index is 0.0955. The number of ether oxygens (including phenoxy) is 1. The Kier molecular flexibility index (Phi) is 4.60. The van der Waals surface area contributed by atoms with Crippen LogP contribution in [0.1, 0.15) is 36.2 Å². The van der Waals surface area contributed by atoms with Crippen molar-refractivity contribution < 1.29 is 9.53 Å². The number of terminal acetylenes is 1. The van der Waals surface area contributed by atoms with Crippen LogP contribution in [-0.2, 0) is 11.2 Å². The van der Waals surface area contributed by atoms with Gasteiger partial charge in [-0.3, -0.25) is 0 Å². The highest BCUT2D eigenvalue weighted by Gasteiger charge is 2.09. The van der Waals surface area contributed by atoms with Crippen molar-refractivity contribution in [1.82, 2.24) is 0 Å². The smallest absolute Gasteiger partial charge is 0.338 e. The number of carbonyl (C=O) groups excluding carboxylic acids is 1. The van der Waals surface area contributed by atoms with E-state index in [-0.39, 0.29) is 12.1 Å². The summed E-state index contributed by atoms with van der Waals surface area (Å²) in [5.74, 6) is 2.30. The van der Waals surface area contributed by atoms with Gasteiger partial charge in [-0.1, -0.05) is 12.1 Å². The number of carbonyl (C=O) groups is 1. The summed E-state index contributed by atoms with van der Waals surface area (Å²) in [7, 11) is 0. The number of aryl methyl sites for hydroxylation is 1. The summed E-state index contributed by atoms with van der Waals surface area (Å²) in [5.41, 5.74) is 1.65. The maximum absolute atomic E-state index is 11.6. The molecule has 84 valence electrons. The van der Waals surface area contributed by atoms with E-state index >= 15 is 0 Å². The molecule has 0 spiro atoms. The van der Waals surface area contributed by atoms with Gasteiger partial charge in [-0.2, -0.15) is 0 Å². The largest absolute Gasteiger partial charge is 0.459 e. The first kappa shape index (κ1) is 12.3. The highest BCUT2D eigenvalue weighted by molar-refractivity contribution is 5.89. The van der Waals surface area contributed by atoms with E-state index in [2.05, 4.69) is 5.92 Å². The fraction of sp³-hybridized carbons (Fsp3) is 0.357. The van der Waals surface area contributed by atoms with Gasteiger partial charge in [0.25, 0.3) is 0 Å². The van der Waals surface area contributed by atoms with Gasteiger partial charge in [0.1, 0.15) is 0 Å². The first-order chi connectivity index (χ1) is 7.63. The molecule has 0 N–H and O–H groups in total. The molecule has 0 fully saturated rings. The number of hydrogen-bond acceptors (Lipinski definition) is 2. The Hall–Kier alpha value is -1.75. The third kappa shape index (κ3) is 3.78. The second-order valence-corrected chi connectivity index (χ2v) is 3.86. The predicted molar refractivity (Wildman–Crippen MR) is 64.1 cm³/mol. The van der Waals surface area contributed by atoms with Crippen LogP contribution in [-0.4, -0.2) is 12.1 Å². The van der Waals surface area contributed by atoms with Crippen molar-refractivity contribution in [1.29, 1.82) is 0 Å². The zero-order chi connectivity index (χ0) is 12.0. The molecular weight excluding hydrogens is 200 g/mol. The highest BCUT2D eigenvalue weighted by Crippen LogP contribution is 2.09. The molecule has 0 atom stereocenters. The highest BCUT2D eigenvalue weighted by atomic mass is 16.5. The Balaban J connectivity index is 2.74. The van der Waals surface area contributed by atoms with Crippen LogP contribution in [0.15, 0.2) is 24.3 Å². The number of esters is 1. The van der Waals surface area contributed by atoms with E-state index in [1.54, 1.807) is 6.07 Å². The molecule has 1 rings (SSSR count). The molecule has 0 amide bonds. The Morgan fingerprint density at radius 3 is 2.88 bits per heavy atom. The standard InChI is InChI=1S/C14H16O2/c1-4-5-7-12-8-6-9-13(10-12)14(15)16-11(2)3/h1,6,8-11H,5,7H2,2-3H3. The minimum Gasteiger partial charge on any atom is -0.459 e. The fourth-order valence-electron chi connectivity index (χ4n) is 1.35. The monoisotopic (exact) mass is 216 g/mol. The van der Waals surface area contributed by atoms with Gasteiger partial charge in [-0.25, -0.2) is 4.79 Å². The molecule has 0 aliphatic carbocycles. The Morgan fingerprint density at radius 2 is 2.25 bits per heavy atom. The molecule has 0 unspecified atom stereocenters. The average molecular weight is 216 g/mol. The number of hydrogen-bond donors (Lipinski definition) is 0. The maximum atomic E-state index is 11.6. The summed E-state index contributed by atoms with van der Waals surface area (Å²) in [6, 6.07) is 7.40. The van der Waals surface area contributed by atoms with Crippen molar-refractivity contribution in [3.05, 3.63) is 35.4 Å². The predicted octanol–water partition coefficient (Wildman–Crippen LogP) is 2.82. The van der Waals surface area contributed by atoms with Gasteiger partial charge in [0.15, 0.2) is 0 Å². The van der Waals surface area contributed by atoms with E-state index in [0.717, 1.165) is 12.0 Å². The first-order valence-electron chi connectivity index (χ1n) is 5.37. The van der Waals surface area contributed by atoms with E-state index in [9.17, 15) is 4.79 Å². The van der Waals surface area contributed by atoms with Crippen molar-refractivity contribution in [2.75, 3.05) is 0 Å². The second kappa shape index (κ2) is 5.97. The van der Waals surface area contributed by atoms with Gasteiger partial charge in [0, 0.05) is 6.42 Å². The second-order valence-electron chi connectivity index (χ2n) is 3.86. The molecule has 1 aromatic rings. The summed E-state index contributed by atoms with van der Waals surface area (Å²) < 4.78 is 5.12. The minimum atomic E-state index is -0.280. The van der Waals surface area contributed by atoms with Gasteiger partial charge in [0.2, 0.25) is 0 Å². The molecule has 0 saturated heterocycles. The number of benzene rings is 1. The Bertz CT molecular complexity index is 399. The zero-order valence-electron chi connectivity index (χ0n) is 9.69. The summed E-state index contributed by atoms with van der Waals surface area (Å²) in [5, 5.41) is 0. The van der Waals surface area contributed by atoms with Gasteiger partial charge >= 0.3 is 5.97 Å². The molecule has 1 aromatic carbocycles. The van der Waals surface area contributed by atoms with Crippen LogP contribution >= 0.6 is 0 Å². The van der Waals surface area contributed by atoms with Crippen LogP contribution in [0.3, 0.4) is 0 Å². The quantitative estimate of drug-likeness (QED) is 0.571. The van der Waals surface area contributed by atoms with Crippen molar-refractivity contribution >= 4 is 5.97 Å².